The van der Waals surface area contributed by atoms with Crippen molar-refractivity contribution in [1.29, 1.82) is 0 Å². The number of aromatic nitrogens is 2. The zero-order valence-electron chi connectivity index (χ0n) is 11.8. The topological polar surface area (TPSA) is 49.0 Å². The van der Waals surface area contributed by atoms with Gasteiger partial charge in [-0.3, -0.25) is 4.79 Å². The number of carbonyl (C=O) groups is 1. The highest BCUT2D eigenvalue weighted by Gasteiger charge is 2.33. The Hall–Kier alpha value is -2.69. The van der Waals surface area contributed by atoms with Crippen LogP contribution in [0.5, 0.6) is 0 Å². The molecule has 1 amide bonds. The summed E-state index contributed by atoms with van der Waals surface area (Å²) >= 11 is 0. The molecule has 0 saturated carbocycles. The number of benzene rings is 2. The number of hydrogen-bond donors (Lipinski definition) is 1. The highest BCUT2D eigenvalue weighted by Crippen LogP contribution is 2.31. The van der Waals surface area contributed by atoms with Gasteiger partial charge in [-0.25, -0.2) is 9.37 Å². The lowest BCUT2D eigenvalue weighted by Crippen LogP contribution is -2.24. The minimum absolute atomic E-state index is 0.0324. The molecular weight excluding hydrogens is 281 g/mol. The van der Waals surface area contributed by atoms with Gasteiger partial charge in [-0.2, -0.15) is 0 Å². The van der Waals surface area contributed by atoms with Crippen molar-refractivity contribution in [3.05, 3.63) is 60.2 Å². The second kappa shape index (κ2) is 4.94. The average molecular weight is 295 g/mol. The average Bonchev–Trinajstić information content (AvgIpc) is 3.11. The second-order valence-electron chi connectivity index (χ2n) is 5.52. The van der Waals surface area contributed by atoms with E-state index >= 15 is 0 Å². The summed E-state index contributed by atoms with van der Waals surface area (Å²) in [7, 11) is 0. The van der Waals surface area contributed by atoms with Gasteiger partial charge < -0.3 is 9.88 Å². The number of hydrogen-bond acceptors (Lipinski definition) is 2. The third-order valence-corrected chi connectivity index (χ3v) is 4.06. The summed E-state index contributed by atoms with van der Waals surface area (Å²) in [6.45, 7) is 0.560. The minimum atomic E-state index is -0.302. The molecule has 0 unspecified atom stereocenters. The van der Waals surface area contributed by atoms with Gasteiger partial charge in [0.15, 0.2) is 0 Å². The summed E-state index contributed by atoms with van der Waals surface area (Å²) in [6, 6.07) is 13.8. The first-order chi connectivity index (χ1) is 10.7. The molecule has 4 nitrogen and oxygen atoms in total. The SMILES string of the molecule is O=C1C[C@H](c2nc3ccccc3[nH]2)CN1c1ccc(F)cc1. The molecule has 3 aromatic rings. The smallest absolute Gasteiger partial charge is 0.227 e. The van der Waals surface area contributed by atoms with Crippen LogP contribution in [0, 0.1) is 5.82 Å². The Morgan fingerprint density at radius 3 is 2.68 bits per heavy atom. The molecule has 5 heteroatoms. The van der Waals surface area contributed by atoms with Gasteiger partial charge in [0.05, 0.1) is 11.0 Å². The van der Waals surface area contributed by atoms with E-state index in [9.17, 15) is 9.18 Å². The second-order valence-corrected chi connectivity index (χ2v) is 5.52. The van der Waals surface area contributed by atoms with Crippen molar-refractivity contribution in [3.8, 4) is 0 Å². The van der Waals surface area contributed by atoms with E-state index in [1.165, 1.54) is 12.1 Å². The monoisotopic (exact) mass is 295 g/mol. The first-order valence-electron chi connectivity index (χ1n) is 7.21. The Kier molecular flexibility index (Phi) is 2.92. The lowest BCUT2D eigenvalue weighted by molar-refractivity contribution is -0.117. The number of imidazole rings is 1. The molecule has 2 heterocycles. The standard InChI is InChI=1S/C17H14FN3O/c18-12-5-7-13(8-6-12)21-10-11(9-16(21)22)17-19-14-3-1-2-4-15(14)20-17/h1-8,11H,9-10H2,(H,19,20)/t11-/m0/s1. The number of carbonyl (C=O) groups excluding carboxylic acids is 1. The number of anilines is 1. The van der Waals surface area contributed by atoms with Gasteiger partial charge in [-0.1, -0.05) is 12.1 Å². The first-order valence-corrected chi connectivity index (χ1v) is 7.21. The van der Waals surface area contributed by atoms with Crippen LogP contribution in [0.2, 0.25) is 0 Å². The molecule has 0 radical (unpaired) electrons. The van der Waals surface area contributed by atoms with E-state index in [0.29, 0.717) is 13.0 Å². The lowest BCUT2D eigenvalue weighted by atomic mass is 10.1. The van der Waals surface area contributed by atoms with Gasteiger partial charge >= 0.3 is 0 Å². The number of fused-ring (bicyclic) bond motifs is 1. The Morgan fingerprint density at radius 2 is 1.91 bits per heavy atom. The largest absolute Gasteiger partial charge is 0.342 e. The van der Waals surface area contributed by atoms with Gasteiger partial charge in [0.2, 0.25) is 5.91 Å². The maximum Gasteiger partial charge on any atom is 0.227 e. The normalized spacial score (nSPS) is 18.3. The van der Waals surface area contributed by atoms with E-state index in [1.807, 2.05) is 24.3 Å². The van der Waals surface area contributed by atoms with Gasteiger partial charge in [0, 0.05) is 24.6 Å². The summed E-state index contributed by atoms with van der Waals surface area (Å²) in [6.07, 6.45) is 0.414. The molecule has 1 saturated heterocycles. The van der Waals surface area contributed by atoms with Crippen LogP contribution in [0.15, 0.2) is 48.5 Å². The lowest BCUT2D eigenvalue weighted by Gasteiger charge is -2.16. The van der Waals surface area contributed by atoms with Crippen molar-refractivity contribution in [3.63, 3.8) is 0 Å². The number of nitrogens with zero attached hydrogens (tertiary/aromatic N) is 2. The molecule has 22 heavy (non-hydrogen) atoms. The number of aromatic amines is 1. The van der Waals surface area contributed by atoms with Crippen molar-refractivity contribution in [2.45, 2.75) is 12.3 Å². The molecule has 1 N–H and O–H groups in total. The number of halogens is 1. The van der Waals surface area contributed by atoms with Gasteiger partial charge in [-0.05, 0) is 36.4 Å². The number of rotatable bonds is 2. The van der Waals surface area contributed by atoms with Crippen molar-refractivity contribution in [2.75, 3.05) is 11.4 Å². The molecule has 0 spiro atoms. The predicted molar refractivity (Wildman–Crippen MR) is 82.2 cm³/mol. The molecule has 0 bridgehead atoms. The molecule has 110 valence electrons. The van der Waals surface area contributed by atoms with E-state index in [2.05, 4.69) is 9.97 Å². The third kappa shape index (κ3) is 2.15. The fourth-order valence-corrected chi connectivity index (χ4v) is 2.93. The van der Waals surface area contributed by atoms with Crippen LogP contribution in [-0.4, -0.2) is 22.4 Å². The summed E-state index contributed by atoms with van der Waals surface area (Å²) < 4.78 is 13.0. The van der Waals surface area contributed by atoms with E-state index in [-0.39, 0.29) is 17.6 Å². The zero-order chi connectivity index (χ0) is 15.1. The fourth-order valence-electron chi connectivity index (χ4n) is 2.93. The number of H-pyrrole nitrogens is 1. The van der Waals surface area contributed by atoms with Gasteiger partial charge in [-0.15, -0.1) is 0 Å². The van der Waals surface area contributed by atoms with Crippen LogP contribution in [0.4, 0.5) is 10.1 Å². The summed E-state index contributed by atoms with van der Waals surface area (Å²) in [4.78, 5) is 21.8. The van der Waals surface area contributed by atoms with Crippen molar-refractivity contribution >= 4 is 22.6 Å². The Morgan fingerprint density at radius 1 is 1.14 bits per heavy atom. The predicted octanol–water partition coefficient (Wildman–Crippen LogP) is 3.22. The van der Waals surface area contributed by atoms with E-state index in [4.69, 9.17) is 0 Å². The fraction of sp³-hybridized carbons (Fsp3) is 0.176. The number of para-hydroxylation sites is 2. The summed E-state index contributed by atoms with van der Waals surface area (Å²) in [5, 5.41) is 0. The number of nitrogens with one attached hydrogen (secondary N) is 1. The molecule has 0 aliphatic carbocycles. The Labute approximate surface area is 126 Å². The van der Waals surface area contributed by atoms with E-state index < -0.39 is 0 Å². The van der Waals surface area contributed by atoms with Crippen LogP contribution >= 0.6 is 0 Å². The Balaban J connectivity index is 1.62. The highest BCUT2D eigenvalue weighted by molar-refractivity contribution is 5.96. The quantitative estimate of drug-likeness (QED) is 0.789. The molecule has 1 fully saturated rings. The first kappa shape index (κ1) is 13.0. The van der Waals surface area contributed by atoms with Crippen LogP contribution in [-0.2, 0) is 4.79 Å². The van der Waals surface area contributed by atoms with Gasteiger partial charge in [0.1, 0.15) is 11.6 Å². The maximum atomic E-state index is 13.0. The van der Waals surface area contributed by atoms with Crippen LogP contribution in [0.25, 0.3) is 11.0 Å². The van der Waals surface area contributed by atoms with Crippen molar-refractivity contribution in [1.82, 2.24) is 9.97 Å². The molecule has 1 aliphatic heterocycles. The Bertz CT molecular complexity index is 807. The maximum absolute atomic E-state index is 13.0. The third-order valence-electron chi connectivity index (χ3n) is 4.06. The van der Waals surface area contributed by atoms with Crippen LogP contribution < -0.4 is 4.90 Å². The van der Waals surface area contributed by atoms with Crippen LogP contribution in [0.1, 0.15) is 18.2 Å². The summed E-state index contributed by atoms with van der Waals surface area (Å²) in [5.41, 5.74) is 2.61. The molecule has 1 aliphatic rings. The number of amides is 1. The minimum Gasteiger partial charge on any atom is -0.342 e. The molecule has 4 rings (SSSR count). The van der Waals surface area contributed by atoms with E-state index in [0.717, 1.165) is 22.5 Å². The van der Waals surface area contributed by atoms with Crippen LogP contribution in [0.3, 0.4) is 0 Å². The molecule has 2 aromatic carbocycles. The van der Waals surface area contributed by atoms with Crippen molar-refractivity contribution < 1.29 is 9.18 Å². The molecule has 1 atom stereocenters. The zero-order valence-corrected chi connectivity index (χ0v) is 11.8. The summed E-state index contributed by atoms with van der Waals surface area (Å²) in [5.74, 6) is 0.602. The van der Waals surface area contributed by atoms with Gasteiger partial charge in [0.25, 0.3) is 0 Å². The molecular formula is C17H14FN3O. The molecule has 1 aromatic heterocycles. The van der Waals surface area contributed by atoms with Crippen molar-refractivity contribution in [2.24, 2.45) is 0 Å². The van der Waals surface area contributed by atoms with E-state index in [1.54, 1.807) is 17.0 Å². The highest BCUT2D eigenvalue weighted by atomic mass is 19.1.